The number of hydrogen-bond acceptors (Lipinski definition) is 4. The summed E-state index contributed by atoms with van der Waals surface area (Å²) in [6.07, 6.45) is 1.23. The first-order valence-electron chi connectivity index (χ1n) is 5.57. The van der Waals surface area contributed by atoms with E-state index in [1.807, 2.05) is 12.1 Å². The van der Waals surface area contributed by atoms with Crippen molar-refractivity contribution >= 4 is 48.7 Å². The van der Waals surface area contributed by atoms with E-state index in [4.69, 9.17) is 18.0 Å². The van der Waals surface area contributed by atoms with Crippen LogP contribution in [0.4, 0.5) is 5.69 Å². The number of nitrogens with two attached hydrogens (primary N) is 1. The van der Waals surface area contributed by atoms with E-state index in [1.165, 1.54) is 6.26 Å². The van der Waals surface area contributed by atoms with Gasteiger partial charge in [0, 0.05) is 28.5 Å². The number of nitrogens with one attached hydrogen (secondary N) is 1. The molecule has 1 aromatic carbocycles. The van der Waals surface area contributed by atoms with Crippen molar-refractivity contribution in [2.24, 2.45) is 5.73 Å². The van der Waals surface area contributed by atoms with E-state index in [0.717, 1.165) is 10.2 Å². The number of hydrogen-bond donors (Lipinski definition) is 2. The van der Waals surface area contributed by atoms with Crippen LogP contribution < -0.4 is 11.1 Å². The summed E-state index contributed by atoms with van der Waals surface area (Å²) in [5.74, 6) is 0. The first-order valence-corrected chi connectivity index (χ1v) is 8.67. The van der Waals surface area contributed by atoms with Crippen molar-refractivity contribution in [3.05, 3.63) is 28.2 Å². The molecular formula is C12H17BrN2O2S2. The van der Waals surface area contributed by atoms with E-state index < -0.39 is 14.6 Å². The molecule has 0 bridgehead atoms. The van der Waals surface area contributed by atoms with Gasteiger partial charge in [-0.2, -0.15) is 0 Å². The third-order valence-electron chi connectivity index (χ3n) is 2.96. The fourth-order valence-corrected chi connectivity index (χ4v) is 2.19. The smallest absolute Gasteiger partial charge is 0.154 e. The highest BCUT2D eigenvalue weighted by molar-refractivity contribution is 9.10. The minimum Gasteiger partial charge on any atom is -0.389 e. The lowest BCUT2D eigenvalue weighted by molar-refractivity contribution is 0.560. The van der Waals surface area contributed by atoms with E-state index in [0.29, 0.717) is 5.56 Å². The Bertz CT molecular complexity index is 598. The average Bonchev–Trinajstić information content (AvgIpc) is 2.24. The number of anilines is 1. The fraction of sp³-hybridized carbons (Fsp3) is 0.417. The van der Waals surface area contributed by atoms with Crippen molar-refractivity contribution in [3.63, 3.8) is 0 Å². The van der Waals surface area contributed by atoms with Gasteiger partial charge in [0.1, 0.15) is 4.99 Å². The second-order valence-corrected chi connectivity index (χ2v) is 8.94. The minimum atomic E-state index is -3.15. The quantitative estimate of drug-likeness (QED) is 0.784. The third-order valence-corrected chi connectivity index (χ3v) is 5.82. The largest absolute Gasteiger partial charge is 0.389 e. The van der Waals surface area contributed by atoms with E-state index in [9.17, 15) is 8.42 Å². The molecule has 0 aliphatic rings. The molecule has 0 radical (unpaired) electrons. The minimum absolute atomic E-state index is 0.271. The summed E-state index contributed by atoms with van der Waals surface area (Å²) in [6.45, 7) is 3.62. The van der Waals surface area contributed by atoms with Gasteiger partial charge in [-0.15, -0.1) is 0 Å². The van der Waals surface area contributed by atoms with Gasteiger partial charge in [-0.05, 0) is 32.0 Å². The van der Waals surface area contributed by atoms with Crippen molar-refractivity contribution in [2.45, 2.75) is 18.6 Å². The van der Waals surface area contributed by atoms with Gasteiger partial charge >= 0.3 is 0 Å². The zero-order valence-electron chi connectivity index (χ0n) is 11.0. The Morgan fingerprint density at radius 3 is 2.53 bits per heavy atom. The normalized spacial score (nSPS) is 12.2. The Labute approximate surface area is 127 Å². The topological polar surface area (TPSA) is 72.2 Å². The van der Waals surface area contributed by atoms with E-state index >= 15 is 0 Å². The van der Waals surface area contributed by atoms with Crippen LogP contribution in [0.2, 0.25) is 0 Å². The molecule has 19 heavy (non-hydrogen) atoms. The maximum absolute atomic E-state index is 11.7. The van der Waals surface area contributed by atoms with Gasteiger partial charge in [-0.3, -0.25) is 0 Å². The van der Waals surface area contributed by atoms with Crippen molar-refractivity contribution in [3.8, 4) is 0 Å². The lowest BCUT2D eigenvalue weighted by Crippen LogP contribution is -2.38. The Hall–Kier alpha value is -0.660. The van der Waals surface area contributed by atoms with E-state index in [-0.39, 0.29) is 11.5 Å². The lowest BCUT2D eigenvalue weighted by Gasteiger charge is -2.24. The van der Waals surface area contributed by atoms with Crippen LogP contribution in [0, 0.1) is 0 Å². The van der Waals surface area contributed by atoms with Crippen molar-refractivity contribution in [1.29, 1.82) is 0 Å². The highest BCUT2D eigenvalue weighted by atomic mass is 79.9. The highest BCUT2D eigenvalue weighted by Gasteiger charge is 2.30. The molecule has 106 valence electrons. The predicted octanol–water partition coefficient (Wildman–Crippen LogP) is 2.32. The highest BCUT2D eigenvalue weighted by Crippen LogP contribution is 2.23. The van der Waals surface area contributed by atoms with Crippen molar-refractivity contribution in [1.82, 2.24) is 0 Å². The number of benzene rings is 1. The maximum Gasteiger partial charge on any atom is 0.154 e. The summed E-state index contributed by atoms with van der Waals surface area (Å²) < 4.78 is 23.3. The van der Waals surface area contributed by atoms with Crippen LogP contribution >= 0.6 is 28.1 Å². The standard InChI is InChI=1S/C12H17BrN2O2S2/c1-12(2,19(3,16)17)7-15-10-6-8(13)4-5-9(10)11(14)18/h4-6,15H,7H2,1-3H3,(H2,14,18). The Morgan fingerprint density at radius 2 is 2.05 bits per heavy atom. The SMILES string of the molecule is CC(C)(CNc1cc(Br)ccc1C(N)=S)S(C)(=O)=O. The molecule has 0 spiro atoms. The Balaban J connectivity index is 3.01. The number of thiocarbonyl (C=S) groups is 1. The molecule has 3 N–H and O–H groups in total. The summed E-state index contributed by atoms with van der Waals surface area (Å²) in [6, 6.07) is 5.45. The molecule has 0 saturated carbocycles. The van der Waals surface area contributed by atoms with Crippen LogP contribution in [-0.2, 0) is 9.84 Å². The fourth-order valence-electron chi connectivity index (χ4n) is 1.32. The van der Waals surface area contributed by atoms with Gasteiger partial charge in [0.15, 0.2) is 9.84 Å². The van der Waals surface area contributed by atoms with Gasteiger partial charge < -0.3 is 11.1 Å². The molecule has 0 saturated heterocycles. The van der Waals surface area contributed by atoms with Crippen LogP contribution in [0.25, 0.3) is 0 Å². The molecule has 0 heterocycles. The van der Waals surface area contributed by atoms with Gasteiger partial charge in [0.25, 0.3) is 0 Å². The second-order valence-electron chi connectivity index (χ2n) is 4.94. The number of rotatable bonds is 5. The van der Waals surface area contributed by atoms with E-state index in [1.54, 1.807) is 19.9 Å². The van der Waals surface area contributed by atoms with E-state index in [2.05, 4.69) is 21.2 Å². The molecule has 0 atom stereocenters. The molecule has 0 aromatic heterocycles. The maximum atomic E-state index is 11.7. The van der Waals surface area contributed by atoms with Crippen LogP contribution in [0.1, 0.15) is 19.4 Å². The predicted molar refractivity (Wildman–Crippen MR) is 87.4 cm³/mol. The van der Waals surface area contributed by atoms with Crippen LogP contribution in [0.15, 0.2) is 22.7 Å². The summed E-state index contributed by atoms with van der Waals surface area (Å²) in [4.78, 5) is 0.271. The average molecular weight is 365 g/mol. The van der Waals surface area contributed by atoms with Crippen molar-refractivity contribution in [2.75, 3.05) is 18.1 Å². The molecule has 0 aliphatic heterocycles. The summed E-state index contributed by atoms with van der Waals surface area (Å²) >= 11 is 8.34. The van der Waals surface area contributed by atoms with Gasteiger partial charge in [0.05, 0.1) is 4.75 Å². The Morgan fingerprint density at radius 1 is 1.47 bits per heavy atom. The monoisotopic (exact) mass is 364 g/mol. The number of sulfone groups is 1. The first kappa shape index (κ1) is 16.4. The summed E-state index contributed by atoms with van der Waals surface area (Å²) in [5, 5.41) is 3.11. The van der Waals surface area contributed by atoms with Crippen molar-refractivity contribution < 1.29 is 8.42 Å². The van der Waals surface area contributed by atoms with Crippen LogP contribution in [0.5, 0.6) is 0 Å². The third kappa shape index (κ3) is 4.15. The zero-order valence-corrected chi connectivity index (χ0v) is 14.2. The molecular weight excluding hydrogens is 348 g/mol. The first-order chi connectivity index (χ1) is 8.54. The summed E-state index contributed by atoms with van der Waals surface area (Å²) in [7, 11) is -3.15. The molecule has 0 fully saturated rings. The zero-order chi connectivity index (χ0) is 14.8. The van der Waals surface area contributed by atoms with Gasteiger partial charge in [0.2, 0.25) is 0 Å². The molecule has 7 heteroatoms. The van der Waals surface area contributed by atoms with Gasteiger partial charge in [-0.25, -0.2) is 8.42 Å². The van der Waals surface area contributed by atoms with Gasteiger partial charge in [-0.1, -0.05) is 28.1 Å². The number of halogens is 1. The molecule has 0 aliphatic carbocycles. The molecule has 4 nitrogen and oxygen atoms in total. The molecule has 1 rings (SSSR count). The molecule has 1 aromatic rings. The Kier molecular flexibility index (Phi) is 4.97. The lowest BCUT2D eigenvalue weighted by atomic mass is 10.1. The van der Waals surface area contributed by atoms with Crippen LogP contribution in [0.3, 0.4) is 0 Å². The molecule has 0 amide bonds. The van der Waals surface area contributed by atoms with Crippen LogP contribution in [-0.4, -0.2) is 31.0 Å². The second kappa shape index (κ2) is 5.76. The molecule has 0 unspecified atom stereocenters. The summed E-state index contributed by atoms with van der Waals surface area (Å²) in [5.41, 5.74) is 7.07.